The number of unbranched alkanes of at least 4 members (excludes halogenated alkanes) is 1. The molecule has 0 spiro atoms. The number of aliphatic imine (C=N–C) groups is 1. The van der Waals surface area contributed by atoms with Crippen LogP contribution in [-0.2, 0) is 13.0 Å². The number of aryl methyl sites for hydroxylation is 1. The summed E-state index contributed by atoms with van der Waals surface area (Å²) in [5, 5.41) is 12.7. The van der Waals surface area contributed by atoms with Crippen LogP contribution in [0.2, 0.25) is 0 Å². The first-order valence-electron chi connectivity index (χ1n) is 9.35. The van der Waals surface area contributed by atoms with E-state index in [4.69, 9.17) is 0 Å². The normalized spacial score (nSPS) is 11.3. The van der Waals surface area contributed by atoms with Gasteiger partial charge in [0.15, 0.2) is 5.96 Å². The van der Waals surface area contributed by atoms with E-state index in [1.54, 1.807) is 18.4 Å². The monoisotopic (exact) mass is 387 g/mol. The molecule has 3 N–H and O–H groups in total. The average molecular weight is 388 g/mol. The van der Waals surface area contributed by atoms with Crippen molar-refractivity contribution in [1.82, 2.24) is 20.9 Å². The predicted octanol–water partition coefficient (Wildman–Crippen LogP) is 2.89. The highest BCUT2D eigenvalue weighted by molar-refractivity contribution is 7.09. The van der Waals surface area contributed by atoms with E-state index in [0.29, 0.717) is 12.1 Å². The number of aromatic nitrogens is 1. The van der Waals surface area contributed by atoms with Crippen molar-refractivity contribution >= 4 is 23.2 Å². The number of amides is 1. The molecule has 1 amide bonds. The molecule has 7 heteroatoms. The molecule has 27 heavy (non-hydrogen) atoms. The largest absolute Gasteiger partial charge is 0.356 e. The van der Waals surface area contributed by atoms with Crippen molar-refractivity contribution in [3.63, 3.8) is 0 Å². The summed E-state index contributed by atoms with van der Waals surface area (Å²) in [5.74, 6) is 0.737. The van der Waals surface area contributed by atoms with Gasteiger partial charge < -0.3 is 16.0 Å². The van der Waals surface area contributed by atoms with Crippen LogP contribution in [0.3, 0.4) is 0 Å². The number of benzene rings is 1. The third-order valence-electron chi connectivity index (χ3n) is 4.06. The minimum atomic E-state index is -0.0160. The van der Waals surface area contributed by atoms with Gasteiger partial charge in [0.25, 0.3) is 5.91 Å². The first-order chi connectivity index (χ1) is 13.1. The molecule has 0 atom stereocenters. The summed E-state index contributed by atoms with van der Waals surface area (Å²) in [6.07, 6.45) is 2.94. The molecule has 0 aliphatic rings. The Balaban J connectivity index is 1.74. The summed E-state index contributed by atoms with van der Waals surface area (Å²) in [6.45, 7) is 6.27. The second-order valence-corrected chi connectivity index (χ2v) is 7.33. The number of rotatable bonds is 9. The summed E-state index contributed by atoms with van der Waals surface area (Å²) >= 11 is 1.67. The number of hydrogen-bond donors (Lipinski definition) is 3. The highest BCUT2D eigenvalue weighted by atomic mass is 32.1. The molecular formula is C20H29N5OS. The first kappa shape index (κ1) is 20.9. The van der Waals surface area contributed by atoms with Crippen LogP contribution in [0.25, 0.3) is 0 Å². The van der Waals surface area contributed by atoms with Crippen LogP contribution in [-0.4, -0.2) is 37.0 Å². The minimum absolute atomic E-state index is 0.0160. The Morgan fingerprint density at radius 1 is 1.15 bits per heavy atom. The molecule has 0 saturated carbocycles. The molecule has 1 aromatic carbocycles. The Morgan fingerprint density at radius 2 is 1.93 bits per heavy atom. The summed E-state index contributed by atoms with van der Waals surface area (Å²) in [4.78, 5) is 20.7. The van der Waals surface area contributed by atoms with Crippen LogP contribution in [0.4, 0.5) is 0 Å². The molecule has 146 valence electrons. The van der Waals surface area contributed by atoms with Gasteiger partial charge in [-0.05, 0) is 31.0 Å². The maximum absolute atomic E-state index is 12.0. The molecule has 0 bridgehead atoms. The van der Waals surface area contributed by atoms with E-state index < -0.39 is 0 Å². The van der Waals surface area contributed by atoms with E-state index in [9.17, 15) is 4.79 Å². The van der Waals surface area contributed by atoms with Gasteiger partial charge in [0.1, 0.15) is 0 Å². The van der Waals surface area contributed by atoms with E-state index in [-0.39, 0.29) is 5.91 Å². The zero-order chi connectivity index (χ0) is 19.5. The Kier molecular flexibility index (Phi) is 8.77. The van der Waals surface area contributed by atoms with Gasteiger partial charge in [0.05, 0.1) is 10.7 Å². The second kappa shape index (κ2) is 11.3. The molecule has 0 aliphatic carbocycles. The molecular weight excluding hydrogens is 358 g/mol. The fourth-order valence-electron chi connectivity index (χ4n) is 2.49. The number of carbonyl (C=O) groups is 1. The SMILES string of the molecule is CCCCNC(=O)c1ccc(CNC(=NC)NCCc2csc(C)n2)cc1. The van der Waals surface area contributed by atoms with Gasteiger partial charge in [0, 0.05) is 44.0 Å². The number of nitrogens with zero attached hydrogens (tertiary/aromatic N) is 2. The Bertz CT molecular complexity index is 739. The van der Waals surface area contributed by atoms with Gasteiger partial charge in [0.2, 0.25) is 0 Å². The van der Waals surface area contributed by atoms with Crippen molar-refractivity contribution in [3.05, 3.63) is 51.5 Å². The first-order valence-corrected chi connectivity index (χ1v) is 10.2. The summed E-state index contributed by atoms with van der Waals surface area (Å²) < 4.78 is 0. The lowest BCUT2D eigenvalue weighted by atomic mass is 10.1. The summed E-state index contributed by atoms with van der Waals surface area (Å²) in [6, 6.07) is 7.65. The maximum atomic E-state index is 12.0. The van der Waals surface area contributed by atoms with Gasteiger partial charge in [-0.25, -0.2) is 4.98 Å². The van der Waals surface area contributed by atoms with E-state index in [1.165, 1.54) is 0 Å². The van der Waals surface area contributed by atoms with Crippen LogP contribution >= 0.6 is 11.3 Å². The number of guanidine groups is 1. The zero-order valence-electron chi connectivity index (χ0n) is 16.3. The van der Waals surface area contributed by atoms with E-state index in [2.05, 4.69) is 38.2 Å². The topological polar surface area (TPSA) is 78.4 Å². The number of thiazole rings is 1. The number of hydrogen-bond acceptors (Lipinski definition) is 4. The minimum Gasteiger partial charge on any atom is -0.356 e. The molecule has 0 fully saturated rings. The predicted molar refractivity (Wildman–Crippen MR) is 112 cm³/mol. The highest BCUT2D eigenvalue weighted by Crippen LogP contribution is 2.08. The van der Waals surface area contributed by atoms with Crippen molar-refractivity contribution in [2.24, 2.45) is 4.99 Å². The molecule has 0 unspecified atom stereocenters. The Morgan fingerprint density at radius 3 is 2.56 bits per heavy atom. The lowest BCUT2D eigenvalue weighted by molar-refractivity contribution is 0.0953. The number of nitrogens with one attached hydrogen (secondary N) is 3. The van der Waals surface area contributed by atoms with Crippen LogP contribution in [0.5, 0.6) is 0 Å². The van der Waals surface area contributed by atoms with Crippen LogP contribution in [0, 0.1) is 6.92 Å². The highest BCUT2D eigenvalue weighted by Gasteiger charge is 2.05. The Labute approximate surface area is 165 Å². The summed E-state index contributed by atoms with van der Waals surface area (Å²) in [5.41, 5.74) is 2.89. The van der Waals surface area contributed by atoms with Crippen LogP contribution in [0.15, 0.2) is 34.6 Å². The lowest BCUT2D eigenvalue weighted by Gasteiger charge is -2.12. The van der Waals surface area contributed by atoms with Crippen LogP contribution < -0.4 is 16.0 Å². The third-order valence-corrected chi connectivity index (χ3v) is 4.88. The smallest absolute Gasteiger partial charge is 0.251 e. The molecule has 1 aromatic heterocycles. The maximum Gasteiger partial charge on any atom is 0.251 e. The molecule has 0 saturated heterocycles. The van der Waals surface area contributed by atoms with Gasteiger partial charge in [-0.1, -0.05) is 25.5 Å². The molecule has 2 aromatic rings. The van der Waals surface area contributed by atoms with E-state index >= 15 is 0 Å². The fraction of sp³-hybridized carbons (Fsp3) is 0.450. The van der Waals surface area contributed by atoms with Crippen molar-refractivity contribution in [3.8, 4) is 0 Å². The lowest BCUT2D eigenvalue weighted by Crippen LogP contribution is -2.37. The van der Waals surface area contributed by atoms with Gasteiger partial charge >= 0.3 is 0 Å². The molecule has 1 heterocycles. The number of carbonyl (C=O) groups excluding carboxylic acids is 1. The van der Waals surface area contributed by atoms with Crippen molar-refractivity contribution in [1.29, 1.82) is 0 Å². The van der Waals surface area contributed by atoms with Crippen molar-refractivity contribution < 1.29 is 4.79 Å². The molecule has 2 rings (SSSR count). The van der Waals surface area contributed by atoms with Crippen molar-refractivity contribution in [2.45, 2.75) is 39.7 Å². The second-order valence-electron chi connectivity index (χ2n) is 6.27. The zero-order valence-corrected chi connectivity index (χ0v) is 17.2. The van der Waals surface area contributed by atoms with E-state index in [1.807, 2.05) is 31.2 Å². The molecule has 0 aliphatic heterocycles. The van der Waals surface area contributed by atoms with Crippen LogP contribution in [0.1, 0.15) is 46.4 Å². The average Bonchev–Trinajstić information content (AvgIpc) is 3.10. The van der Waals surface area contributed by atoms with Crippen molar-refractivity contribution in [2.75, 3.05) is 20.1 Å². The van der Waals surface area contributed by atoms with E-state index in [0.717, 1.165) is 54.6 Å². The molecule has 6 nitrogen and oxygen atoms in total. The quantitative estimate of drug-likeness (QED) is 0.351. The van der Waals surface area contributed by atoms with Gasteiger partial charge in [-0.15, -0.1) is 11.3 Å². The standard InChI is InChI=1S/C20H29N5OS/c1-4-5-11-22-19(26)17-8-6-16(7-9-17)13-24-20(21-3)23-12-10-18-14-27-15(2)25-18/h6-9,14H,4-5,10-13H2,1-3H3,(H,22,26)(H2,21,23,24). The summed E-state index contributed by atoms with van der Waals surface area (Å²) in [7, 11) is 1.76. The molecule has 0 radical (unpaired) electrons. The third kappa shape index (κ3) is 7.38. The van der Waals surface area contributed by atoms with Gasteiger partial charge in [-0.3, -0.25) is 9.79 Å². The Hall–Kier alpha value is -2.41. The fourth-order valence-corrected chi connectivity index (χ4v) is 3.14. The van der Waals surface area contributed by atoms with Gasteiger partial charge in [-0.2, -0.15) is 0 Å².